The van der Waals surface area contributed by atoms with Crippen LogP contribution in [0.5, 0.6) is 0 Å². The van der Waals surface area contributed by atoms with Crippen molar-refractivity contribution < 1.29 is 9.53 Å². The third-order valence-corrected chi connectivity index (χ3v) is 3.63. The second-order valence-electron chi connectivity index (χ2n) is 6.36. The van der Waals surface area contributed by atoms with Gasteiger partial charge in [-0.3, -0.25) is 4.68 Å². The number of ether oxygens (including phenoxy) is 1. The van der Waals surface area contributed by atoms with Crippen LogP contribution in [0.1, 0.15) is 57.3 Å². The van der Waals surface area contributed by atoms with Crippen LogP contribution in [0.2, 0.25) is 0 Å². The largest absolute Gasteiger partial charge is 0.446 e. The van der Waals surface area contributed by atoms with Gasteiger partial charge in [-0.25, -0.2) is 4.79 Å². The first-order valence-electron chi connectivity index (χ1n) is 6.80. The highest BCUT2D eigenvalue weighted by atomic mass is 16.6. The minimum Gasteiger partial charge on any atom is -0.446 e. The van der Waals surface area contributed by atoms with Gasteiger partial charge < -0.3 is 10.5 Å². The lowest BCUT2D eigenvalue weighted by atomic mass is 10.0. The summed E-state index contributed by atoms with van der Waals surface area (Å²) in [7, 11) is 0. The van der Waals surface area contributed by atoms with E-state index < -0.39 is 6.09 Å². The Labute approximate surface area is 114 Å². The lowest BCUT2D eigenvalue weighted by molar-refractivity contribution is 0.109. The summed E-state index contributed by atoms with van der Waals surface area (Å²) in [5, 5.41) is 4.72. The molecular formula is C14H23N3O2. The topological polar surface area (TPSA) is 70.1 Å². The van der Waals surface area contributed by atoms with E-state index >= 15 is 0 Å². The standard InChI is InChI=1S/C14H23N3O2/c1-9-7-12(16-17(9)14(2,3)4)10-5-6-11(8-10)19-13(15)18/h7,10-11H,5-6,8H2,1-4H3,(H2,15,18)/t10-,11+/m0/s1. The summed E-state index contributed by atoms with van der Waals surface area (Å²) < 4.78 is 7.13. The van der Waals surface area contributed by atoms with E-state index in [-0.39, 0.29) is 11.6 Å². The average molecular weight is 265 g/mol. The Balaban J connectivity index is 2.10. The van der Waals surface area contributed by atoms with Crippen molar-refractivity contribution in [2.24, 2.45) is 5.73 Å². The van der Waals surface area contributed by atoms with Crippen LogP contribution in [0.15, 0.2) is 6.07 Å². The maximum absolute atomic E-state index is 10.8. The number of aryl methyl sites for hydroxylation is 1. The van der Waals surface area contributed by atoms with Gasteiger partial charge in [-0.2, -0.15) is 5.10 Å². The van der Waals surface area contributed by atoms with Gasteiger partial charge in [0.25, 0.3) is 0 Å². The fourth-order valence-corrected chi connectivity index (χ4v) is 2.86. The van der Waals surface area contributed by atoms with Crippen molar-refractivity contribution in [3.63, 3.8) is 0 Å². The molecule has 0 bridgehead atoms. The van der Waals surface area contributed by atoms with E-state index in [1.807, 2.05) is 0 Å². The van der Waals surface area contributed by atoms with Crippen molar-refractivity contribution in [3.05, 3.63) is 17.5 Å². The number of hydrogen-bond donors (Lipinski definition) is 1. The average Bonchev–Trinajstić information content (AvgIpc) is 2.82. The van der Waals surface area contributed by atoms with Crippen LogP contribution in [0.3, 0.4) is 0 Å². The molecule has 1 heterocycles. The number of carbonyl (C=O) groups excluding carboxylic acids is 1. The summed E-state index contributed by atoms with van der Waals surface area (Å²) in [4.78, 5) is 10.8. The molecule has 0 radical (unpaired) electrons. The van der Waals surface area contributed by atoms with Crippen molar-refractivity contribution in [3.8, 4) is 0 Å². The van der Waals surface area contributed by atoms with E-state index in [1.165, 1.54) is 5.69 Å². The van der Waals surface area contributed by atoms with Gasteiger partial charge in [0.05, 0.1) is 11.2 Å². The quantitative estimate of drug-likeness (QED) is 0.893. The van der Waals surface area contributed by atoms with Crippen LogP contribution in [0, 0.1) is 6.92 Å². The minimum atomic E-state index is -0.679. The molecule has 0 aromatic carbocycles. The first kappa shape index (κ1) is 13.9. The molecule has 2 N–H and O–H groups in total. The number of aromatic nitrogens is 2. The third kappa shape index (κ3) is 3.08. The van der Waals surface area contributed by atoms with E-state index in [0.717, 1.165) is 25.0 Å². The lowest BCUT2D eigenvalue weighted by Crippen LogP contribution is -2.24. The second kappa shape index (κ2) is 4.87. The highest BCUT2D eigenvalue weighted by Crippen LogP contribution is 2.36. The van der Waals surface area contributed by atoms with Crippen LogP contribution in [0.25, 0.3) is 0 Å². The molecule has 1 saturated carbocycles. The van der Waals surface area contributed by atoms with Crippen molar-refractivity contribution in [2.45, 2.75) is 64.5 Å². The van der Waals surface area contributed by atoms with Crippen molar-refractivity contribution >= 4 is 6.09 Å². The van der Waals surface area contributed by atoms with Crippen molar-refractivity contribution in [2.75, 3.05) is 0 Å². The fraction of sp³-hybridized carbons (Fsp3) is 0.714. The molecule has 1 aromatic rings. The van der Waals surface area contributed by atoms with Gasteiger partial charge in [0.15, 0.2) is 0 Å². The Kier molecular flexibility index (Phi) is 3.56. The zero-order chi connectivity index (χ0) is 14.2. The van der Waals surface area contributed by atoms with Gasteiger partial charge in [-0.15, -0.1) is 0 Å². The van der Waals surface area contributed by atoms with Crippen molar-refractivity contribution in [1.82, 2.24) is 9.78 Å². The van der Waals surface area contributed by atoms with Crippen LogP contribution < -0.4 is 5.73 Å². The Hall–Kier alpha value is -1.52. The predicted molar refractivity (Wildman–Crippen MR) is 73.0 cm³/mol. The van der Waals surface area contributed by atoms with Gasteiger partial charge in [0.1, 0.15) is 6.10 Å². The zero-order valence-corrected chi connectivity index (χ0v) is 12.1. The molecule has 0 unspecified atom stereocenters. The fourth-order valence-electron chi connectivity index (χ4n) is 2.86. The highest BCUT2D eigenvalue weighted by Gasteiger charge is 2.30. The SMILES string of the molecule is Cc1cc([C@H]2CC[C@@H](OC(N)=O)C2)nn1C(C)(C)C. The van der Waals surface area contributed by atoms with E-state index in [9.17, 15) is 4.79 Å². The van der Waals surface area contributed by atoms with Gasteiger partial charge >= 0.3 is 6.09 Å². The molecule has 0 spiro atoms. The molecule has 5 heteroatoms. The molecule has 0 saturated heterocycles. The molecule has 1 aliphatic carbocycles. The molecular weight excluding hydrogens is 242 g/mol. The number of carbonyl (C=O) groups is 1. The summed E-state index contributed by atoms with van der Waals surface area (Å²) in [6.45, 7) is 8.51. The molecule has 19 heavy (non-hydrogen) atoms. The zero-order valence-electron chi connectivity index (χ0n) is 12.1. The summed E-state index contributed by atoms with van der Waals surface area (Å²) in [5.74, 6) is 0.367. The molecule has 1 fully saturated rings. The summed E-state index contributed by atoms with van der Waals surface area (Å²) in [6, 6.07) is 2.14. The van der Waals surface area contributed by atoms with Crippen molar-refractivity contribution in [1.29, 1.82) is 0 Å². The molecule has 106 valence electrons. The van der Waals surface area contributed by atoms with Crippen LogP contribution >= 0.6 is 0 Å². The van der Waals surface area contributed by atoms with Gasteiger partial charge in [-0.1, -0.05) is 0 Å². The Morgan fingerprint density at radius 2 is 2.16 bits per heavy atom. The normalized spacial score (nSPS) is 23.6. The van der Waals surface area contributed by atoms with Crippen LogP contribution in [-0.2, 0) is 10.3 Å². The molecule has 1 amide bonds. The summed E-state index contributed by atoms with van der Waals surface area (Å²) in [6.07, 6.45) is 1.96. The number of rotatable bonds is 2. The predicted octanol–water partition coefficient (Wildman–Crippen LogP) is 2.68. The van der Waals surface area contributed by atoms with E-state index in [1.54, 1.807) is 0 Å². The summed E-state index contributed by atoms with van der Waals surface area (Å²) >= 11 is 0. The van der Waals surface area contributed by atoms with Gasteiger partial charge in [0.2, 0.25) is 0 Å². The van der Waals surface area contributed by atoms with Crippen LogP contribution in [0.4, 0.5) is 4.79 Å². The second-order valence-corrected chi connectivity index (χ2v) is 6.36. The van der Waals surface area contributed by atoms with Gasteiger partial charge in [0, 0.05) is 11.6 Å². The monoisotopic (exact) mass is 265 g/mol. The molecule has 1 aromatic heterocycles. The molecule has 1 aliphatic rings. The lowest BCUT2D eigenvalue weighted by Gasteiger charge is -2.21. The molecule has 5 nitrogen and oxygen atoms in total. The molecule has 0 aliphatic heterocycles. The number of hydrogen-bond acceptors (Lipinski definition) is 3. The summed E-state index contributed by atoms with van der Waals surface area (Å²) in [5.41, 5.74) is 7.32. The first-order chi connectivity index (χ1) is 8.77. The maximum Gasteiger partial charge on any atom is 0.404 e. The third-order valence-electron chi connectivity index (χ3n) is 3.63. The van der Waals surface area contributed by atoms with E-state index in [2.05, 4.69) is 38.4 Å². The number of primary amides is 1. The Bertz CT molecular complexity index is 474. The number of nitrogens with zero attached hydrogens (tertiary/aromatic N) is 2. The Morgan fingerprint density at radius 1 is 1.47 bits per heavy atom. The van der Waals surface area contributed by atoms with Gasteiger partial charge in [-0.05, 0) is 53.0 Å². The molecule has 2 rings (SSSR count). The Morgan fingerprint density at radius 3 is 2.68 bits per heavy atom. The van der Waals surface area contributed by atoms with E-state index in [0.29, 0.717) is 5.92 Å². The van der Waals surface area contributed by atoms with E-state index in [4.69, 9.17) is 15.6 Å². The number of amides is 1. The number of nitrogens with two attached hydrogens (primary N) is 1. The molecule has 2 atom stereocenters. The smallest absolute Gasteiger partial charge is 0.404 e. The first-order valence-corrected chi connectivity index (χ1v) is 6.80. The van der Waals surface area contributed by atoms with Crippen LogP contribution in [-0.4, -0.2) is 22.0 Å². The highest BCUT2D eigenvalue weighted by molar-refractivity contribution is 5.64. The maximum atomic E-state index is 10.8. The minimum absolute atomic E-state index is 0.00986.